The van der Waals surface area contributed by atoms with Gasteiger partial charge in [-0.3, -0.25) is 0 Å². The monoisotopic (exact) mass is 264 g/mol. The number of halogens is 1. The first kappa shape index (κ1) is 14.0. The maximum atomic E-state index is 11.0. The Morgan fingerprint density at radius 2 is 1.69 bits per heavy atom. The Kier molecular flexibility index (Phi) is 4.40. The Morgan fingerprint density at radius 3 is 2.31 bits per heavy atom. The second kappa shape index (κ2) is 5.04. The summed E-state index contributed by atoms with van der Waals surface area (Å²) in [7, 11) is -4.54. The van der Waals surface area contributed by atoms with Gasteiger partial charge >= 0.3 is 29.6 Å². The van der Waals surface area contributed by atoms with Gasteiger partial charge < -0.3 is 4.55 Å². The average molecular weight is 265 g/mol. The SMILES string of the molecule is O=S(=O)([O-])c1c(Cl)ccc2ccccc12.[Na+]. The molecular weight excluding hydrogens is 259 g/mol. The van der Waals surface area contributed by atoms with Crippen molar-refractivity contribution in [1.82, 2.24) is 0 Å². The first-order chi connectivity index (χ1) is 7.00. The number of hydrogen-bond acceptors (Lipinski definition) is 3. The summed E-state index contributed by atoms with van der Waals surface area (Å²) in [5.74, 6) is 0. The van der Waals surface area contributed by atoms with Crippen molar-refractivity contribution in [3.63, 3.8) is 0 Å². The molecule has 16 heavy (non-hydrogen) atoms. The number of benzene rings is 2. The Labute approximate surface area is 120 Å². The summed E-state index contributed by atoms with van der Waals surface area (Å²) in [4.78, 5) is -0.345. The summed E-state index contributed by atoms with van der Waals surface area (Å²) in [6.07, 6.45) is 0. The fraction of sp³-hybridized carbons (Fsp3) is 0. The van der Waals surface area contributed by atoms with Gasteiger partial charge in [0.05, 0.1) is 9.92 Å². The predicted molar refractivity (Wildman–Crippen MR) is 56.9 cm³/mol. The molecule has 0 radical (unpaired) electrons. The van der Waals surface area contributed by atoms with Crippen LogP contribution >= 0.6 is 11.6 Å². The van der Waals surface area contributed by atoms with Crippen LogP contribution in [0.15, 0.2) is 41.3 Å². The van der Waals surface area contributed by atoms with Crippen molar-refractivity contribution in [1.29, 1.82) is 0 Å². The molecular formula is C10H6ClNaO3S. The van der Waals surface area contributed by atoms with E-state index in [0.717, 1.165) is 0 Å². The second-order valence-corrected chi connectivity index (χ2v) is 4.78. The van der Waals surface area contributed by atoms with Gasteiger partial charge in [0.25, 0.3) is 0 Å². The Bertz CT molecular complexity index is 625. The fourth-order valence-corrected chi connectivity index (χ4v) is 2.68. The molecule has 0 heterocycles. The van der Waals surface area contributed by atoms with Gasteiger partial charge in [0.15, 0.2) is 0 Å². The third-order valence-corrected chi connectivity index (χ3v) is 3.45. The molecule has 0 aliphatic heterocycles. The number of fused-ring (bicyclic) bond motifs is 1. The van der Waals surface area contributed by atoms with E-state index in [1.54, 1.807) is 30.3 Å². The molecule has 78 valence electrons. The van der Waals surface area contributed by atoms with Crippen LogP contribution < -0.4 is 29.6 Å². The normalized spacial score (nSPS) is 11.1. The molecule has 0 atom stereocenters. The van der Waals surface area contributed by atoms with Crippen LogP contribution in [0.5, 0.6) is 0 Å². The van der Waals surface area contributed by atoms with E-state index in [0.29, 0.717) is 10.8 Å². The van der Waals surface area contributed by atoms with Gasteiger partial charge in [-0.15, -0.1) is 0 Å². The van der Waals surface area contributed by atoms with E-state index in [9.17, 15) is 13.0 Å². The number of rotatable bonds is 1. The Balaban J connectivity index is 0.00000128. The minimum atomic E-state index is -4.54. The zero-order chi connectivity index (χ0) is 11.1. The van der Waals surface area contributed by atoms with E-state index < -0.39 is 10.1 Å². The second-order valence-electron chi connectivity index (χ2n) is 3.05. The molecule has 3 nitrogen and oxygen atoms in total. The van der Waals surface area contributed by atoms with Crippen LogP contribution in [0, 0.1) is 0 Å². The molecule has 0 saturated carbocycles. The molecule has 0 unspecified atom stereocenters. The zero-order valence-electron chi connectivity index (χ0n) is 8.48. The van der Waals surface area contributed by atoms with Crippen LogP contribution in [0.1, 0.15) is 0 Å². The molecule has 0 bridgehead atoms. The standard InChI is InChI=1S/C10H7ClO3S.Na/c11-9-6-5-7-3-1-2-4-8(7)10(9)15(12,13)14;/h1-6H,(H,12,13,14);/q;+1/p-1. The molecule has 2 aromatic carbocycles. The maximum Gasteiger partial charge on any atom is 1.00 e. The van der Waals surface area contributed by atoms with Crippen LogP contribution in [0.2, 0.25) is 5.02 Å². The first-order valence-corrected chi connectivity index (χ1v) is 5.92. The average Bonchev–Trinajstić information content (AvgIpc) is 2.15. The van der Waals surface area contributed by atoms with E-state index in [2.05, 4.69) is 0 Å². The smallest absolute Gasteiger partial charge is 0.744 e. The van der Waals surface area contributed by atoms with E-state index >= 15 is 0 Å². The minimum absolute atomic E-state index is 0. The minimum Gasteiger partial charge on any atom is -0.744 e. The molecule has 0 aliphatic carbocycles. The van der Waals surface area contributed by atoms with Crippen molar-refractivity contribution in [2.75, 3.05) is 0 Å². The molecule has 0 saturated heterocycles. The molecule has 2 aromatic rings. The third-order valence-electron chi connectivity index (χ3n) is 2.08. The van der Waals surface area contributed by atoms with Crippen molar-refractivity contribution in [3.8, 4) is 0 Å². The van der Waals surface area contributed by atoms with E-state index in [-0.39, 0.29) is 39.5 Å². The van der Waals surface area contributed by atoms with Crippen molar-refractivity contribution in [3.05, 3.63) is 41.4 Å². The number of hydrogen-bond donors (Lipinski definition) is 0. The van der Waals surface area contributed by atoms with Gasteiger partial charge in [0.1, 0.15) is 10.1 Å². The molecule has 2 rings (SSSR count). The van der Waals surface area contributed by atoms with E-state index in [1.165, 1.54) is 6.07 Å². The van der Waals surface area contributed by atoms with Crippen molar-refractivity contribution >= 4 is 32.5 Å². The third kappa shape index (κ3) is 2.59. The van der Waals surface area contributed by atoms with Crippen molar-refractivity contribution in [2.45, 2.75) is 4.90 Å². The van der Waals surface area contributed by atoms with Crippen molar-refractivity contribution < 1.29 is 42.5 Å². The molecule has 0 fully saturated rings. The van der Waals surface area contributed by atoms with E-state index in [4.69, 9.17) is 11.6 Å². The summed E-state index contributed by atoms with van der Waals surface area (Å²) in [5, 5.41) is 1.00. The van der Waals surface area contributed by atoms with Gasteiger partial charge in [-0.05, 0) is 11.5 Å². The summed E-state index contributed by atoms with van der Waals surface area (Å²) >= 11 is 5.71. The van der Waals surface area contributed by atoms with Crippen LogP contribution in [-0.4, -0.2) is 13.0 Å². The fourth-order valence-electron chi connectivity index (χ4n) is 1.47. The Morgan fingerprint density at radius 1 is 1.06 bits per heavy atom. The van der Waals surface area contributed by atoms with Crippen LogP contribution in [-0.2, 0) is 10.1 Å². The molecule has 6 heteroatoms. The van der Waals surface area contributed by atoms with Gasteiger partial charge in [-0.2, -0.15) is 0 Å². The first-order valence-electron chi connectivity index (χ1n) is 4.13. The maximum absolute atomic E-state index is 11.0. The summed E-state index contributed by atoms with van der Waals surface area (Å²) in [6.45, 7) is 0. The largest absolute Gasteiger partial charge is 1.00 e. The zero-order valence-corrected chi connectivity index (χ0v) is 12.0. The van der Waals surface area contributed by atoms with Crippen LogP contribution in [0.25, 0.3) is 10.8 Å². The van der Waals surface area contributed by atoms with E-state index in [1.807, 2.05) is 0 Å². The summed E-state index contributed by atoms with van der Waals surface area (Å²) in [5.41, 5.74) is 0. The quantitative estimate of drug-likeness (QED) is 0.511. The molecule has 0 spiro atoms. The van der Waals surface area contributed by atoms with Gasteiger partial charge in [-0.1, -0.05) is 41.9 Å². The predicted octanol–water partition coefficient (Wildman–Crippen LogP) is -0.599. The van der Waals surface area contributed by atoms with Crippen LogP contribution in [0.4, 0.5) is 0 Å². The summed E-state index contributed by atoms with van der Waals surface area (Å²) < 4.78 is 33.1. The topological polar surface area (TPSA) is 57.2 Å². The molecule has 0 aromatic heterocycles. The van der Waals surface area contributed by atoms with Gasteiger partial charge in [0.2, 0.25) is 0 Å². The molecule has 0 amide bonds. The van der Waals surface area contributed by atoms with Gasteiger partial charge in [0, 0.05) is 5.39 Å². The van der Waals surface area contributed by atoms with Crippen LogP contribution in [0.3, 0.4) is 0 Å². The van der Waals surface area contributed by atoms with Crippen molar-refractivity contribution in [2.24, 2.45) is 0 Å². The van der Waals surface area contributed by atoms with Gasteiger partial charge in [-0.25, -0.2) is 8.42 Å². The molecule has 0 N–H and O–H groups in total. The molecule has 0 aliphatic rings. The Hall–Kier alpha value is -0.100. The summed E-state index contributed by atoms with van der Waals surface area (Å²) in [6, 6.07) is 9.79.